The molecule has 1 aromatic heterocycles. The van der Waals surface area contributed by atoms with E-state index in [0.717, 1.165) is 28.7 Å². The van der Waals surface area contributed by atoms with Crippen LogP contribution >= 0.6 is 11.8 Å². The van der Waals surface area contributed by atoms with Gasteiger partial charge in [-0.2, -0.15) is 0 Å². The van der Waals surface area contributed by atoms with Gasteiger partial charge in [0.05, 0.1) is 17.9 Å². The number of aromatic nitrogens is 1. The summed E-state index contributed by atoms with van der Waals surface area (Å²) >= 11 is 1.78. The van der Waals surface area contributed by atoms with Crippen molar-refractivity contribution in [1.82, 2.24) is 4.98 Å². The quantitative estimate of drug-likeness (QED) is 0.936. The number of aryl methyl sites for hydroxylation is 1. The molecule has 1 N–H and O–H groups in total. The highest BCUT2D eigenvalue weighted by atomic mass is 32.2. The number of hydrogen-bond acceptors (Lipinski definition) is 4. The monoisotopic (exact) mass is 283 g/mol. The van der Waals surface area contributed by atoms with Crippen molar-refractivity contribution < 1.29 is 0 Å². The third kappa shape index (κ3) is 3.39. The molecule has 0 bridgehead atoms. The highest BCUT2D eigenvalue weighted by Gasteiger charge is 2.18. The van der Waals surface area contributed by atoms with E-state index < -0.39 is 0 Å². The van der Waals surface area contributed by atoms with Crippen molar-refractivity contribution in [3.63, 3.8) is 0 Å². The van der Waals surface area contributed by atoms with E-state index in [2.05, 4.69) is 34.6 Å². The van der Waals surface area contributed by atoms with Crippen LogP contribution in [0.25, 0.3) is 0 Å². The fourth-order valence-corrected chi connectivity index (χ4v) is 3.10. The Labute approximate surface area is 123 Å². The normalized spacial score (nSPS) is 17.9. The third-order valence-electron chi connectivity index (χ3n) is 3.19. The fourth-order valence-electron chi connectivity index (χ4n) is 2.14. The molecule has 1 aliphatic rings. The number of nitrogens with zero attached hydrogens (tertiary/aromatic N) is 2. The lowest BCUT2D eigenvalue weighted by atomic mass is 10.1. The van der Waals surface area contributed by atoms with Crippen LogP contribution in [-0.4, -0.2) is 21.9 Å². The van der Waals surface area contributed by atoms with Crippen LogP contribution in [0.3, 0.4) is 0 Å². The summed E-state index contributed by atoms with van der Waals surface area (Å²) in [6.45, 7) is 1.99. The van der Waals surface area contributed by atoms with E-state index in [1.165, 1.54) is 5.56 Å². The first-order valence-electron chi connectivity index (χ1n) is 6.74. The summed E-state index contributed by atoms with van der Waals surface area (Å²) in [5, 5.41) is 4.33. The van der Waals surface area contributed by atoms with Crippen LogP contribution in [0.2, 0.25) is 0 Å². The summed E-state index contributed by atoms with van der Waals surface area (Å²) in [5.41, 5.74) is 3.38. The molecule has 2 aromatic rings. The highest BCUT2D eigenvalue weighted by Crippen LogP contribution is 2.22. The van der Waals surface area contributed by atoms with Gasteiger partial charge in [-0.3, -0.25) is 9.98 Å². The number of hydrogen-bond donors (Lipinski definition) is 1. The predicted molar refractivity (Wildman–Crippen MR) is 86.4 cm³/mol. The van der Waals surface area contributed by atoms with Crippen molar-refractivity contribution >= 4 is 22.6 Å². The zero-order valence-electron chi connectivity index (χ0n) is 11.4. The lowest BCUT2D eigenvalue weighted by Crippen LogP contribution is -2.08. The molecule has 0 fully saturated rings. The molecule has 0 saturated heterocycles. The minimum absolute atomic E-state index is 0.364. The summed E-state index contributed by atoms with van der Waals surface area (Å²) in [4.78, 5) is 9.02. The van der Waals surface area contributed by atoms with E-state index in [1.807, 2.05) is 31.3 Å². The minimum Gasteiger partial charge on any atom is -0.334 e. The first kappa shape index (κ1) is 13.2. The van der Waals surface area contributed by atoms with E-state index in [9.17, 15) is 0 Å². The van der Waals surface area contributed by atoms with E-state index in [1.54, 1.807) is 11.8 Å². The number of nitrogens with one attached hydrogen (secondary N) is 1. The maximum Gasteiger partial charge on any atom is 0.161 e. The van der Waals surface area contributed by atoms with Gasteiger partial charge in [0.1, 0.15) is 0 Å². The van der Waals surface area contributed by atoms with Crippen LogP contribution in [0.1, 0.15) is 11.3 Å². The van der Waals surface area contributed by atoms with Gasteiger partial charge in [-0.15, -0.1) is 0 Å². The summed E-state index contributed by atoms with van der Waals surface area (Å²) in [6.07, 6.45) is 2.86. The Hall–Kier alpha value is -1.81. The third-order valence-corrected chi connectivity index (χ3v) is 4.22. The maximum absolute atomic E-state index is 4.74. The molecule has 3 rings (SSSR count). The van der Waals surface area contributed by atoms with E-state index in [-0.39, 0.29) is 0 Å². The number of pyridine rings is 1. The molecule has 1 aromatic carbocycles. The maximum atomic E-state index is 4.74. The topological polar surface area (TPSA) is 37.3 Å². The number of rotatable bonds is 3. The number of thioether (sulfide) groups is 1. The summed E-state index contributed by atoms with van der Waals surface area (Å²) in [6, 6.07) is 14.9. The van der Waals surface area contributed by atoms with Gasteiger partial charge in [0.25, 0.3) is 0 Å². The molecule has 1 unspecified atom stereocenters. The second-order valence-corrected chi connectivity index (χ2v) is 5.91. The van der Waals surface area contributed by atoms with Crippen LogP contribution in [0.15, 0.2) is 53.7 Å². The predicted octanol–water partition coefficient (Wildman–Crippen LogP) is 3.52. The molecule has 0 saturated carbocycles. The molecule has 0 amide bonds. The second kappa shape index (κ2) is 6.09. The highest BCUT2D eigenvalue weighted by molar-refractivity contribution is 8.14. The van der Waals surface area contributed by atoms with Crippen molar-refractivity contribution in [1.29, 1.82) is 0 Å². The molecule has 1 aliphatic heterocycles. The Bertz CT molecular complexity index is 593. The van der Waals surface area contributed by atoms with Crippen molar-refractivity contribution in [3.05, 3.63) is 59.9 Å². The van der Waals surface area contributed by atoms with Gasteiger partial charge in [0, 0.05) is 11.4 Å². The van der Waals surface area contributed by atoms with Gasteiger partial charge in [-0.05, 0) is 31.0 Å². The van der Waals surface area contributed by atoms with Crippen molar-refractivity contribution in [2.75, 3.05) is 11.1 Å². The number of benzene rings is 1. The van der Waals surface area contributed by atoms with Crippen LogP contribution in [0.5, 0.6) is 0 Å². The Morgan fingerprint density at radius 3 is 2.80 bits per heavy atom. The largest absolute Gasteiger partial charge is 0.334 e. The van der Waals surface area contributed by atoms with Gasteiger partial charge in [0.2, 0.25) is 0 Å². The first-order valence-corrected chi connectivity index (χ1v) is 7.72. The summed E-state index contributed by atoms with van der Waals surface area (Å²) in [5.74, 6) is 1.04. The SMILES string of the molecule is Cc1ccc(NC2=NC(Cc3ccccc3)CS2)cn1. The molecule has 20 heavy (non-hydrogen) atoms. The number of amidine groups is 1. The van der Waals surface area contributed by atoms with Gasteiger partial charge < -0.3 is 5.32 Å². The van der Waals surface area contributed by atoms with Crippen LogP contribution in [-0.2, 0) is 6.42 Å². The van der Waals surface area contributed by atoms with Gasteiger partial charge >= 0.3 is 0 Å². The Morgan fingerprint density at radius 2 is 2.05 bits per heavy atom. The molecule has 0 radical (unpaired) electrons. The Balaban J connectivity index is 1.62. The average Bonchev–Trinajstić information content (AvgIpc) is 2.90. The van der Waals surface area contributed by atoms with E-state index in [4.69, 9.17) is 4.99 Å². The smallest absolute Gasteiger partial charge is 0.161 e. The van der Waals surface area contributed by atoms with Gasteiger partial charge in [-0.25, -0.2) is 0 Å². The number of anilines is 1. The Kier molecular flexibility index (Phi) is 4.02. The molecule has 2 heterocycles. The number of aliphatic imine (C=N–C) groups is 1. The molecular weight excluding hydrogens is 266 g/mol. The van der Waals surface area contributed by atoms with Crippen LogP contribution < -0.4 is 5.32 Å². The fraction of sp³-hybridized carbons (Fsp3) is 0.250. The van der Waals surface area contributed by atoms with Crippen molar-refractivity contribution in [3.8, 4) is 0 Å². The molecule has 3 nitrogen and oxygen atoms in total. The zero-order chi connectivity index (χ0) is 13.8. The van der Waals surface area contributed by atoms with Crippen LogP contribution in [0.4, 0.5) is 5.69 Å². The second-order valence-electron chi connectivity index (χ2n) is 4.90. The average molecular weight is 283 g/mol. The molecular formula is C16H17N3S. The lowest BCUT2D eigenvalue weighted by molar-refractivity contribution is 0.762. The summed E-state index contributed by atoms with van der Waals surface area (Å²) in [7, 11) is 0. The molecule has 102 valence electrons. The zero-order valence-corrected chi connectivity index (χ0v) is 12.2. The lowest BCUT2D eigenvalue weighted by Gasteiger charge is -2.05. The molecule has 0 spiro atoms. The Morgan fingerprint density at radius 1 is 1.20 bits per heavy atom. The van der Waals surface area contributed by atoms with Gasteiger partial charge in [0.15, 0.2) is 5.17 Å². The van der Waals surface area contributed by atoms with Crippen molar-refractivity contribution in [2.24, 2.45) is 4.99 Å². The first-order chi connectivity index (χ1) is 9.79. The molecule has 4 heteroatoms. The van der Waals surface area contributed by atoms with E-state index in [0.29, 0.717) is 6.04 Å². The van der Waals surface area contributed by atoms with Crippen molar-refractivity contribution in [2.45, 2.75) is 19.4 Å². The van der Waals surface area contributed by atoms with Crippen LogP contribution in [0, 0.1) is 6.92 Å². The summed E-state index contributed by atoms with van der Waals surface area (Å²) < 4.78 is 0. The minimum atomic E-state index is 0.364. The standard InChI is InChI=1S/C16H17N3S/c1-12-7-8-14(10-17-12)18-16-19-15(11-20-16)9-13-5-3-2-4-6-13/h2-8,10,15H,9,11H2,1H3,(H,18,19). The van der Waals surface area contributed by atoms with Gasteiger partial charge in [-0.1, -0.05) is 42.1 Å². The molecule has 0 aliphatic carbocycles. The van der Waals surface area contributed by atoms with E-state index >= 15 is 0 Å². The molecule has 1 atom stereocenters.